The first-order chi connectivity index (χ1) is 11.6. The van der Waals surface area contributed by atoms with E-state index in [4.69, 9.17) is 14.7 Å². The molecule has 6 nitrogen and oxygen atoms in total. The summed E-state index contributed by atoms with van der Waals surface area (Å²) in [5, 5.41) is 12.6. The average Bonchev–Trinajstić information content (AvgIpc) is 2.60. The Hall–Kier alpha value is -2.85. The molecule has 0 radical (unpaired) electrons. The van der Waals surface area contributed by atoms with Crippen molar-refractivity contribution >= 4 is 28.1 Å². The molecule has 0 saturated heterocycles. The Morgan fingerprint density at radius 3 is 2.71 bits per heavy atom. The quantitative estimate of drug-likeness (QED) is 0.609. The number of hydrogen-bond donors (Lipinski definition) is 1. The number of carbonyl (C=O) groups excluding carboxylic acids is 1. The van der Waals surface area contributed by atoms with E-state index in [-0.39, 0.29) is 12.5 Å². The number of ether oxygens (including phenoxy) is 2. The molecule has 7 heteroatoms. The maximum atomic E-state index is 11.7. The third-order valence-corrected chi connectivity index (χ3v) is 3.55. The van der Waals surface area contributed by atoms with Crippen molar-refractivity contribution in [3.63, 3.8) is 0 Å². The zero-order chi connectivity index (χ0) is 17.4. The van der Waals surface area contributed by atoms with Crippen LogP contribution in [0.25, 0.3) is 0 Å². The number of methoxy groups -OCH3 is 1. The van der Waals surface area contributed by atoms with Crippen LogP contribution in [0.2, 0.25) is 0 Å². The van der Waals surface area contributed by atoms with Crippen molar-refractivity contribution in [3.05, 3.63) is 58.1 Å². The summed E-state index contributed by atoms with van der Waals surface area (Å²) in [6, 6.07) is 13.9. The van der Waals surface area contributed by atoms with E-state index in [1.807, 2.05) is 18.2 Å². The van der Waals surface area contributed by atoms with Crippen LogP contribution in [0.5, 0.6) is 11.5 Å². The van der Waals surface area contributed by atoms with Gasteiger partial charge in [0.25, 0.3) is 5.91 Å². The van der Waals surface area contributed by atoms with Gasteiger partial charge in [-0.05, 0) is 64.0 Å². The maximum absolute atomic E-state index is 11.7. The average molecular weight is 388 g/mol. The summed E-state index contributed by atoms with van der Waals surface area (Å²) in [6.07, 6.45) is 1.52. The standard InChI is InChI=1S/C17H14BrN3O3/c1-23-16-7-4-13(8-15(16)18)10-20-21-17(22)11-24-14-5-2-12(9-19)3-6-14/h2-8,10H,11H2,1H3,(H,21,22)/b20-10-. The molecule has 1 N–H and O–H groups in total. The maximum Gasteiger partial charge on any atom is 0.277 e. The van der Waals surface area contributed by atoms with E-state index in [0.717, 1.165) is 10.0 Å². The lowest BCUT2D eigenvalue weighted by molar-refractivity contribution is -0.123. The number of hydrogen-bond acceptors (Lipinski definition) is 5. The largest absolute Gasteiger partial charge is 0.496 e. The van der Waals surface area contributed by atoms with E-state index >= 15 is 0 Å². The van der Waals surface area contributed by atoms with Crippen LogP contribution in [0.15, 0.2) is 52.0 Å². The van der Waals surface area contributed by atoms with Gasteiger partial charge in [-0.3, -0.25) is 4.79 Å². The Morgan fingerprint density at radius 1 is 1.33 bits per heavy atom. The molecule has 122 valence electrons. The molecule has 0 saturated carbocycles. The Labute approximate surface area is 147 Å². The molecule has 0 aromatic heterocycles. The molecule has 0 fully saturated rings. The van der Waals surface area contributed by atoms with Crippen molar-refractivity contribution in [2.24, 2.45) is 5.10 Å². The summed E-state index contributed by atoms with van der Waals surface area (Å²) < 4.78 is 11.2. The van der Waals surface area contributed by atoms with E-state index in [1.165, 1.54) is 6.21 Å². The van der Waals surface area contributed by atoms with Gasteiger partial charge in [0.2, 0.25) is 0 Å². The van der Waals surface area contributed by atoms with Crippen LogP contribution in [0.3, 0.4) is 0 Å². The number of rotatable bonds is 6. The van der Waals surface area contributed by atoms with Crippen LogP contribution in [-0.2, 0) is 4.79 Å². The minimum Gasteiger partial charge on any atom is -0.496 e. The van der Waals surface area contributed by atoms with Gasteiger partial charge in [0, 0.05) is 0 Å². The van der Waals surface area contributed by atoms with Crippen molar-refractivity contribution in [1.82, 2.24) is 5.43 Å². The molecule has 1 amide bonds. The third-order valence-electron chi connectivity index (χ3n) is 2.93. The lowest BCUT2D eigenvalue weighted by Gasteiger charge is -2.05. The van der Waals surface area contributed by atoms with Crippen molar-refractivity contribution in [1.29, 1.82) is 5.26 Å². The minimum absolute atomic E-state index is 0.171. The highest BCUT2D eigenvalue weighted by Gasteiger charge is 2.02. The molecule has 0 heterocycles. The number of hydrazone groups is 1. The van der Waals surface area contributed by atoms with Gasteiger partial charge >= 0.3 is 0 Å². The Morgan fingerprint density at radius 2 is 2.08 bits per heavy atom. The van der Waals surface area contributed by atoms with Crippen LogP contribution < -0.4 is 14.9 Å². The van der Waals surface area contributed by atoms with E-state index in [0.29, 0.717) is 17.1 Å². The van der Waals surface area contributed by atoms with Gasteiger partial charge in [-0.2, -0.15) is 10.4 Å². The second-order valence-corrected chi connectivity index (χ2v) is 5.47. The highest BCUT2D eigenvalue weighted by Crippen LogP contribution is 2.24. The first-order valence-electron chi connectivity index (χ1n) is 6.91. The predicted molar refractivity (Wildman–Crippen MR) is 93.1 cm³/mol. The fraction of sp³-hybridized carbons (Fsp3) is 0.118. The van der Waals surface area contributed by atoms with Gasteiger partial charge in [-0.1, -0.05) is 0 Å². The lowest BCUT2D eigenvalue weighted by Crippen LogP contribution is -2.24. The van der Waals surface area contributed by atoms with E-state index in [2.05, 4.69) is 26.5 Å². The van der Waals surface area contributed by atoms with Crippen LogP contribution in [0.4, 0.5) is 0 Å². The second-order valence-electron chi connectivity index (χ2n) is 4.61. The SMILES string of the molecule is COc1ccc(/C=N\NC(=O)COc2ccc(C#N)cc2)cc1Br. The number of halogens is 1. The molecule has 0 bridgehead atoms. The lowest BCUT2D eigenvalue weighted by atomic mass is 10.2. The van der Waals surface area contributed by atoms with E-state index in [1.54, 1.807) is 37.4 Å². The predicted octanol–water partition coefficient (Wildman–Crippen LogP) is 2.86. The molecule has 0 aliphatic carbocycles. The Kier molecular flexibility index (Phi) is 6.34. The summed E-state index contributed by atoms with van der Waals surface area (Å²) >= 11 is 3.37. The summed E-state index contributed by atoms with van der Waals surface area (Å²) in [4.78, 5) is 11.7. The van der Waals surface area contributed by atoms with Crippen LogP contribution >= 0.6 is 15.9 Å². The molecule has 0 unspecified atom stereocenters. The summed E-state index contributed by atoms with van der Waals surface area (Å²) in [5.41, 5.74) is 3.71. The molecular weight excluding hydrogens is 374 g/mol. The van der Waals surface area contributed by atoms with Gasteiger partial charge in [-0.15, -0.1) is 0 Å². The number of nitrogens with one attached hydrogen (secondary N) is 1. The monoisotopic (exact) mass is 387 g/mol. The molecule has 2 aromatic rings. The molecule has 2 rings (SSSR count). The number of nitriles is 1. The number of benzene rings is 2. The summed E-state index contributed by atoms with van der Waals surface area (Å²) in [7, 11) is 1.59. The highest BCUT2D eigenvalue weighted by atomic mass is 79.9. The van der Waals surface area contributed by atoms with Crippen molar-refractivity contribution in [2.45, 2.75) is 0 Å². The van der Waals surface area contributed by atoms with Crippen molar-refractivity contribution < 1.29 is 14.3 Å². The topological polar surface area (TPSA) is 83.7 Å². The van der Waals surface area contributed by atoms with E-state index < -0.39 is 0 Å². The van der Waals surface area contributed by atoms with Crippen molar-refractivity contribution in [2.75, 3.05) is 13.7 Å². The van der Waals surface area contributed by atoms with Gasteiger partial charge in [0.05, 0.1) is 29.4 Å². The first-order valence-corrected chi connectivity index (χ1v) is 7.70. The van der Waals surface area contributed by atoms with Gasteiger partial charge in [0.1, 0.15) is 11.5 Å². The van der Waals surface area contributed by atoms with Crippen LogP contribution in [0.1, 0.15) is 11.1 Å². The molecule has 0 atom stereocenters. The Bertz CT molecular complexity index is 783. The number of carbonyl (C=O) groups is 1. The first kappa shape index (κ1) is 17.5. The normalized spacial score (nSPS) is 10.2. The summed E-state index contributed by atoms with van der Waals surface area (Å²) in [5.74, 6) is 0.836. The molecule has 0 spiro atoms. The highest BCUT2D eigenvalue weighted by molar-refractivity contribution is 9.10. The number of nitrogens with zero attached hydrogens (tertiary/aromatic N) is 2. The van der Waals surface area contributed by atoms with E-state index in [9.17, 15) is 4.79 Å². The fourth-order valence-electron chi connectivity index (χ4n) is 1.75. The fourth-order valence-corrected chi connectivity index (χ4v) is 2.31. The van der Waals surface area contributed by atoms with Gasteiger partial charge < -0.3 is 9.47 Å². The smallest absolute Gasteiger partial charge is 0.277 e. The molecule has 24 heavy (non-hydrogen) atoms. The minimum atomic E-state index is -0.386. The van der Waals surface area contributed by atoms with Crippen LogP contribution in [0, 0.1) is 11.3 Å². The third kappa shape index (κ3) is 5.11. The van der Waals surface area contributed by atoms with Gasteiger partial charge in [-0.25, -0.2) is 5.43 Å². The van der Waals surface area contributed by atoms with Crippen molar-refractivity contribution in [3.8, 4) is 17.6 Å². The molecule has 0 aliphatic heterocycles. The second kappa shape index (κ2) is 8.70. The zero-order valence-corrected chi connectivity index (χ0v) is 14.4. The van der Waals surface area contributed by atoms with Gasteiger partial charge in [0.15, 0.2) is 6.61 Å². The number of amides is 1. The summed E-state index contributed by atoms with van der Waals surface area (Å²) in [6.45, 7) is -0.171. The zero-order valence-electron chi connectivity index (χ0n) is 12.8. The molecule has 0 aliphatic rings. The van der Waals surface area contributed by atoms with Crippen LogP contribution in [-0.4, -0.2) is 25.8 Å². The molecule has 2 aromatic carbocycles. The molecular formula is C17H14BrN3O3. The Balaban J connectivity index is 1.82.